The van der Waals surface area contributed by atoms with Gasteiger partial charge in [0.1, 0.15) is 0 Å². The van der Waals surface area contributed by atoms with Gasteiger partial charge in [0.15, 0.2) is 23.3 Å². The van der Waals surface area contributed by atoms with Crippen molar-refractivity contribution in [2.45, 2.75) is 0 Å². The molecule has 0 spiro atoms. The molecule has 0 N–H and O–H groups in total. The van der Waals surface area contributed by atoms with Crippen LogP contribution in [0.15, 0.2) is 92.3 Å². The van der Waals surface area contributed by atoms with Crippen LogP contribution in [0.1, 0.15) is 0 Å². The Balaban J connectivity index is 0.000000592. The van der Waals surface area contributed by atoms with Crippen LogP contribution < -0.4 is 42.1 Å². The number of aryl methyl sites for hydroxylation is 4. The summed E-state index contributed by atoms with van der Waals surface area (Å²) in [4.78, 5) is 27.4. The van der Waals surface area contributed by atoms with Gasteiger partial charge in [-0.25, -0.2) is 19.9 Å². The number of nitrogens with zero attached hydrogens (tertiary/aromatic N) is 11. The fourth-order valence-corrected chi connectivity index (χ4v) is 3.68. The predicted octanol–water partition coefficient (Wildman–Crippen LogP) is -5.14. The molecule has 0 unspecified atom stereocenters. The van der Waals surface area contributed by atoms with Crippen LogP contribution in [0.3, 0.4) is 0 Å². The third-order valence-electron chi connectivity index (χ3n) is 5.87. The molecule has 0 aliphatic heterocycles. The molecule has 15 heteroatoms. The Labute approximate surface area is 283 Å². The third kappa shape index (κ3) is 10.3. The van der Waals surface area contributed by atoms with E-state index >= 15 is 0 Å². The van der Waals surface area contributed by atoms with E-state index in [4.69, 9.17) is 0 Å². The van der Waals surface area contributed by atoms with Crippen molar-refractivity contribution in [3.63, 3.8) is 0 Å². The zero-order valence-corrected chi connectivity index (χ0v) is 29.4. The van der Waals surface area contributed by atoms with Gasteiger partial charge in [-0.05, 0) is 24.3 Å². The zero-order valence-electron chi connectivity index (χ0n) is 24.6. The summed E-state index contributed by atoms with van der Waals surface area (Å²) in [7, 11) is 11.8. The average molecular weight is 820 g/mol. The van der Waals surface area contributed by atoms with Crippen molar-refractivity contribution >= 4 is 5.69 Å². The van der Waals surface area contributed by atoms with Gasteiger partial charge in [0.05, 0.1) is 11.4 Å². The van der Waals surface area contributed by atoms with Crippen molar-refractivity contribution in [3.8, 4) is 34.7 Å². The van der Waals surface area contributed by atoms with Gasteiger partial charge in [-0.1, -0.05) is 6.07 Å². The summed E-state index contributed by atoms with van der Waals surface area (Å²) >= 11 is 0. The maximum atomic E-state index is 4.30. The largest absolute Gasteiger partial charge is 1.00 e. The van der Waals surface area contributed by atoms with E-state index in [0.717, 1.165) is 40.4 Å². The molecule has 6 aromatic heterocycles. The van der Waals surface area contributed by atoms with Crippen molar-refractivity contribution in [2.24, 2.45) is 28.2 Å². The van der Waals surface area contributed by atoms with Gasteiger partial charge in [0.2, 0.25) is 0 Å². The molecule has 0 saturated heterocycles. The molecule has 0 saturated carbocycles. The van der Waals surface area contributed by atoms with Crippen LogP contribution in [0.4, 0.5) is 5.69 Å². The molecule has 0 bridgehead atoms. The van der Waals surface area contributed by atoms with Gasteiger partial charge >= 0.3 is 0 Å². The average Bonchev–Trinajstić information content (AvgIpc) is 3.75. The minimum atomic E-state index is 0. The van der Waals surface area contributed by atoms with E-state index in [1.807, 2.05) is 121 Å². The molecule has 0 aliphatic carbocycles. The second kappa shape index (κ2) is 18.9. The van der Waals surface area contributed by atoms with Crippen LogP contribution in [-0.4, -0.2) is 62.3 Å². The van der Waals surface area contributed by atoms with Gasteiger partial charge in [0, 0.05) is 130 Å². The summed E-state index contributed by atoms with van der Waals surface area (Å²) in [6.45, 7) is 0. The molecule has 11 nitrogen and oxygen atoms in total. The maximum Gasteiger partial charge on any atom is 0.176 e. The summed E-state index contributed by atoms with van der Waals surface area (Å²) in [5.74, 6) is 3.56. The van der Waals surface area contributed by atoms with Crippen molar-refractivity contribution in [2.75, 3.05) is 19.0 Å². The smallest absolute Gasteiger partial charge is 0.176 e. The first kappa shape index (κ1) is 39.4. The van der Waals surface area contributed by atoms with Gasteiger partial charge < -0.3 is 60.4 Å². The summed E-state index contributed by atoms with van der Waals surface area (Å²) in [6, 6.07) is 9.84. The molecule has 0 radical (unpaired) electrons. The summed E-state index contributed by atoms with van der Waals surface area (Å²) in [6.07, 6.45) is 18.3. The molecule has 0 aliphatic rings. The monoisotopic (exact) mass is 820 g/mol. The maximum absolute atomic E-state index is 4.30. The molecule has 0 aromatic carbocycles. The Hall–Kier alpha value is -3.55. The molecular formula is C28H33Cl3N11Os-3. The number of rotatable bonds is 4. The van der Waals surface area contributed by atoms with E-state index in [-0.39, 0.29) is 57.0 Å². The predicted molar refractivity (Wildman–Crippen MR) is 153 cm³/mol. The first-order chi connectivity index (χ1) is 18.8. The molecule has 43 heavy (non-hydrogen) atoms. The molecule has 232 valence electrons. The van der Waals surface area contributed by atoms with Crippen molar-refractivity contribution in [3.05, 3.63) is 92.3 Å². The number of aromatic nitrogens is 10. The normalized spacial score (nSPS) is 9.35. The molecular weight excluding hydrogens is 787 g/mol. The quantitative estimate of drug-likeness (QED) is 0.176. The number of anilines is 1. The SMILES string of the molecule is CN(C)c1ccnc(-c2ccccn2)c1.Cn1ccnc1-c1nccn1C.Cn1ccnc1-c1nccn1C.[Cl-].[Cl-].[Cl-].[Os]. The Kier molecular flexibility index (Phi) is 17.3. The minimum absolute atomic E-state index is 0. The van der Waals surface area contributed by atoms with Crippen molar-refractivity contribution < 1.29 is 57.0 Å². The van der Waals surface area contributed by atoms with Crippen LogP contribution >= 0.6 is 0 Å². The topological polar surface area (TPSA) is 100 Å². The number of imidazole rings is 4. The van der Waals surface area contributed by atoms with Gasteiger partial charge in [0.25, 0.3) is 0 Å². The molecule has 6 heterocycles. The van der Waals surface area contributed by atoms with Crippen molar-refractivity contribution in [1.29, 1.82) is 0 Å². The zero-order chi connectivity index (χ0) is 27.8. The third-order valence-corrected chi connectivity index (χ3v) is 5.87. The van der Waals surface area contributed by atoms with E-state index in [9.17, 15) is 0 Å². The van der Waals surface area contributed by atoms with Crippen LogP contribution in [0.2, 0.25) is 0 Å². The second-order valence-electron chi connectivity index (χ2n) is 8.96. The van der Waals surface area contributed by atoms with E-state index in [2.05, 4.69) is 29.9 Å². The van der Waals surface area contributed by atoms with E-state index < -0.39 is 0 Å². The fraction of sp³-hybridized carbons (Fsp3) is 0.214. The minimum Gasteiger partial charge on any atom is -1.00 e. The fourth-order valence-electron chi connectivity index (χ4n) is 3.68. The summed E-state index contributed by atoms with van der Waals surface area (Å²) in [5, 5.41) is 0. The van der Waals surface area contributed by atoms with Gasteiger partial charge in [-0.15, -0.1) is 0 Å². The van der Waals surface area contributed by atoms with Crippen LogP contribution in [0.5, 0.6) is 0 Å². The molecule has 0 amide bonds. The Morgan fingerprint density at radius 2 is 0.884 bits per heavy atom. The van der Waals surface area contributed by atoms with Crippen LogP contribution in [0, 0.1) is 0 Å². The second-order valence-corrected chi connectivity index (χ2v) is 8.96. The summed E-state index contributed by atoms with van der Waals surface area (Å²) < 4.78 is 7.79. The van der Waals surface area contributed by atoms with E-state index in [1.165, 1.54) is 0 Å². The molecule has 6 rings (SSSR count). The van der Waals surface area contributed by atoms with E-state index in [1.54, 1.807) is 37.2 Å². The Morgan fingerprint density at radius 3 is 1.19 bits per heavy atom. The van der Waals surface area contributed by atoms with Crippen LogP contribution in [0.25, 0.3) is 34.7 Å². The van der Waals surface area contributed by atoms with E-state index in [0.29, 0.717) is 0 Å². The van der Waals surface area contributed by atoms with Gasteiger partial charge in [-0.3, -0.25) is 9.97 Å². The Bertz CT molecular complexity index is 1460. The standard InChI is InChI=1S/C12H13N3.2C8H10N4.3ClH.Os/c1-15(2)10-6-8-14-12(9-10)11-5-3-4-7-13-11;2*1-11-5-3-9-7(11)8-10-4-6-12(8)2;;;;/h3-9H,1-2H3;2*3-6H,1-2H3;3*1H;/p-3. The first-order valence-electron chi connectivity index (χ1n) is 12.3. The number of halogens is 3. The Morgan fingerprint density at radius 1 is 0.488 bits per heavy atom. The molecule has 6 aromatic rings. The number of pyridine rings is 2. The molecule has 0 fully saturated rings. The number of hydrogen-bond donors (Lipinski definition) is 0. The first-order valence-corrected chi connectivity index (χ1v) is 12.3. The van der Waals surface area contributed by atoms with Crippen LogP contribution in [-0.2, 0) is 48.0 Å². The number of hydrogen-bond acceptors (Lipinski definition) is 7. The van der Waals surface area contributed by atoms with Crippen molar-refractivity contribution in [1.82, 2.24) is 48.2 Å². The summed E-state index contributed by atoms with van der Waals surface area (Å²) in [5.41, 5.74) is 2.94. The van der Waals surface area contributed by atoms with Gasteiger partial charge in [-0.2, -0.15) is 0 Å². The molecule has 0 atom stereocenters.